The average molecular weight is 495 g/mol. The first-order valence-electron chi connectivity index (χ1n) is 10.9. The zero-order valence-electron chi connectivity index (χ0n) is 18.6. The second-order valence-corrected chi connectivity index (χ2v) is 8.22. The van der Waals surface area contributed by atoms with E-state index in [1.807, 2.05) is 0 Å². The highest BCUT2D eigenvalue weighted by molar-refractivity contribution is 5.69. The van der Waals surface area contributed by atoms with Crippen molar-refractivity contribution in [2.24, 2.45) is 0 Å². The monoisotopic (exact) mass is 495 g/mol. The third kappa shape index (κ3) is 6.51. The van der Waals surface area contributed by atoms with Gasteiger partial charge in [0.15, 0.2) is 0 Å². The van der Waals surface area contributed by atoms with Gasteiger partial charge in [-0.25, -0.2) is 0 Å². The maximum Gasteiger partial charge on any atom is 0.317 e. The normalized spacial score (nSPS) is 25.2. The van der Waals surface area contributed by atoms with Crippen LogP contribution in [0.5, 0.6) is 23.0 Å². The van der Waals surface area contributed by atoms with Crippen molar-refractivity contribution in [2.45, 2.75) is 49.6 Å². The number of aryl methyl sites for hydroxylation is 1. The van der Waals surface area contributed by atoms with E-state index in [0.29, 0.717) is 6.42 Å². The van der Waals surface area contributed by atoms with E-state index in [1.54, 1.807) is 12.1 Å². The predicted molar refractivity (Wildman–Crippen MR) is 119 cm³/mol. The summed E-state index contributed by atoms with van der Waals surface area (Å²) >= 11 is 0. The molecule has 0 spiro atoms. The summed E-state index contributed by atoms with van der Waals surface area (Å²) in [5.41, 5.74) is 0.874. The molecule has 192 valence electrons. The molecule has 1 unspecified atom stereocenters. The van der Waals surface area contributed by atoms with Crippen LogP contribution in [0.15, 0.2) is 36.4 Å². The molecule has 0 saturated carbocycles. The molecular weight excluding hydrogens is 466 g/mol. The second kappa shape index (κ2) is 11.5. The topological polar surface area (TPSA) is 209 Å². The summed E-state index contributed by atoms with van der Waals surface area (Å²) in [7, 11) is 0. The number of hydrogen-bond donors (Lipinski definition) is 9. The van der Waals surface area contributed by atoms with Gasteiger partial charge in [-0.05, 0) is 30.5 Å². The van der Waals surface area contributed by atoms with Crippen LogP contribution in [0.25, 0.3) is 0 Å². The minimum absolute atomic E-state index is 0.0554. The Morgan fingerprint density at radius 2 is 1.69 bits per heavy atom. The van der Waals surface area contributed by atoms with Crippen LogP contribution in [0.4, 0.5) is 0 Å². The Balaban J connectivity index is 1.92. The van der Waals surface area contributed by atoms with E-state index >= 15 is 0 Å². The van der Waals surface area contributed by atoms with Crippen molar-refractivity contribution >= 4 is 5.97 Å². The molecule has 2 aromatic carbocycles. The predicted octanol–water partition coefficient (Wildman–Crippen LogP) is -0.670. The van der Waals surface area contributed by atoms with Crippen molar-refractivity contribution in [3.8, 4) is 23.0 Å². The Labute approximate surface area is 200 Å². The quantitative estimate of drug-likeness (QED) is 0.201. The molecule has 12 heteroatoms. The number of hydrogen-bond acceptors (Lipinski definition) is 11. The van der Waals surface area contributed by atoms with Crippen LogP contribution in [0.3, 0.4) is 0 Å². The number of aliphatic hydroxyl groups excluding tert-OH is 4. The van der Waals surface area contributed by atoms with E-state index in [4.69, 9.17) is 14.6 Å². The van der Waals surface area contributed by atoms with Crippen molar-refractivity contribution in [3.05, 3.63) is 47.5 Å². The number of phenols is 3. The molecule has 0 bridgehead atoms. The Morgan fingerprint density at radius 3 is 2.31 bits per heavy atom. The van der Waals surface area contributed by atoms with Crippen molar-refractivity contribution in [1.82, 2.24) is 5.32 Å². The SMILES string of the molecule is O=C(O)CNC(CCc1ccc(O)cc1)c1c(O)cc(O)cc1O[C@@H]1O[C@H](CO)[C@@H](O)[C@H](O)[C@H]1O. The number of carbonyl (C=O) groups is 1. The number of carboxylic acids is 1. The molecule has 3 rings (SSSR count). The van der Waals surface area contributed by atoms with Crippen LogP contribution in [0.1, 0.15) is 23.6 Å². The van der Waals surface area contributed by atoms with Gasteiger partial charge in [-0.15, -0.1) is 0 Å². The molecule has 9 N–H and O–H groups in total. The maximum atomic E-state index is 11.2. The fourth-order valence-corrected chi connectivity index (χ4v) is 3.87. The molecule has 2 aromatic rings. The summed E-state index contributed by atoms with van der Waals surface area (Å²) in [5.74, 6) is -2.09. The van der Waals surface area contributed by atoms with Crippen molar-refractivity contribution in [3.63, 3.8) is 0 Å². The number of carboxylic acid groups (broad SMARTS) is 1. The van der Waals surface area contributed by atoms with E-state index in [1.165, 1.54) is 12.1 Å². The summed E-state index contributed by atoms with van der Waals surface area (Å²) in [6.07, 6.45) is -7.25. The summed E-state index contributed by atoms with van der Waals surface area (Å²) < 4.78 is 11.0. The molecule has 6 atom stereocenters. The molecular formula is C23H29NO11. The smallest absolute Gasteiger partial charge is 0.317 e. The van der Waals surface area contributed by atoms with Gasteiger partial charge in [0.1, 0.15) is 47.4 Å². The molecule has 12 nitrogen and oxygen atoms in total. The lowest BCUT2D eigenvalue weighted by atomic mass is 9.96. The molecule has 0 amide bonds. The standard InChI is InChI=1S/C23H29NO11/c25-10-17-20(31)21(32)22(33)23(35-17)34-16-8-13(27)7-15(28)19(16)14(24-9-18(29)30)6-3-11-1-4-12(26)5-2-11/h1-2,4-5,7-8,14,17,20-28,31-33H,3,6,9-10H2,(H,29,30)/t14?,17-,20-,21+,22-,23-/m1/s1. The van der Waals surface area contributed by atoms with Crippen LogP contribution in [-0.2, 0) is 16.0 Å². The number of phenolic OH excluding ortho intramolecular Hbond substituents is 3. The lowest BCUT2D eigenvalue weighted by Crippen LogP contribution is -2.60. The highest BCUT2D eigenvalue weighted by Gasteiger charge is 2.45. The van der Waals surface area contributed by atoms with E-state index in [2.05, 4.69) is 5.32 Å². The van der Waals surface area contributed by atoms with Crippen molar-refractivity contribution in [2.75, 3.05) is 13.2 Å². The zero-order valence-corrected chi connectivity index (χ0v) is 18.6. The average Bonchev–Trinajstić information content (AvgIpc) is 2.81. The van der Waals surface area contributed by atoms with Crippen molar-refractivity contribution < 1.29 is 55.1 Å². The van der Waals surface area contributed by atoms with E-state index in [0.717, 1.165) is 17.7 Å². The van der Waals surface area contributed by atoms with Gasteiger partial charge in [-0.3, -0.25) is 10.1 Å². The largest absolute Gasteiger partial charge is 0.508 e. The number of aliphatic hydroxyl groups is 4. The third-order valence-corrected chi connectivity index (χ3v) is 5.70. The number of aliphatic carboxylic acids is 1. The van der Waals surface area contributed by atoms with E-state index in [9.17, 15) is 40.5 Å². The minimum atomic E-state index is -1.74. The molecule has 0 aliphatic carbocycles. The maximum absolute atomic E-state index is 11.2. The summed E-state index contributed by atoms with van der Waals surface area (Å²) in [6.45, 7) is -1.15. The van der Waals surface area contributed by atoms with Gasteiger partial charge >= 0.3 is 5.97 Å². The molecule has 0 radical (unpaired) electrons. The van der Waals surface area contributed by atoms with Crippen LogP contribution in [0, 0.1) is 0 Å². The van der Waals surface area contributed by atoms with Gasteiger partial charge in [0.2, 0.25) is 6.29 Å². The van der Waals surface area contributed by atoms with Crippen LogP contribution >= 0.6 is 0 Å². The minimum Gasteiger partial charge on any atom is -0.508 e. The Kier molecular flexibility index (Phi) is 8.72. The number of rotatable bonds is 10. The molecule has 35 heavy (non-hydrogen) atoms. The van der Waals surface area contributed by atoms with E-state index in [-0.39, 0.29) is 23.5 Å². The fourth-order valence-electron chi connectivity index (χ4n) is 3.87. The summed E-state index contributed by atoms with van der Waals surface area (Å²) in [4.78, 5) is 11.2. The molecule has 1 aliphatic rings. The lowest BCUT2D eigenvalue weighted by Gasteiger charge is -2.40. The Hall–Kier alpha value is -3.13. The molecule has 1 saturated heterocycles. The van der Waals surface area contributed by atoms with Gasteiger partial charge < -0.3 is 50.3 Å². The fraction of sp³-hybridized carbons (Fsp3) is 0.435. The first-order chi connectivity index (χ1) is 16.6. The molecule has 1 heterocycles. The molecule has 0 aromatic heterocycles. The Bertz CT molecular complexity index is 998. The number of nitrogens with one attached hydrogen (secondary N) is 1. The zero-order chi connectivity index (χ0) is 25.7. The van der Waals surface area contributed by atoms with Gasteiger partial charge in [0.05, 0.1) is 18.7 Å². The van der Waals surface area contributed by atoms with Gasteiger partial charge in [0, 0.05) is 18.2 Å². The highest BCUT2D eigenvalue weighted by atomic mass is 16.7. The van der Waals surface area contributed by atoms with Crippen LogP contribution in [-0.4, -0.2) is 90.7 Å². The van der Waals surface area contributed by atoms with Crippen molar-refractivity contribution in [1.29, 1.82) is 0 Å². The third-order valence-electron chi connectivity index (χ3n) is 5.70. The van der Waals surface area contributed by atoms with Crippen LogP contribution in [0.2, 0.25) is 0 Å². The van der Waals surface area contributed by atoms with Gasteiger partial charge in [-0.1, -0.05) is 12.1 Å². The Morgan fingerprint density at radius 1 is 1.00 bits per heavy atom. The lowest BCUT2D eigenvalue weighted by molar-refractivity contribution is -0.277. The molecule has 1 fully saturated rings. The second-order valence-electron chi connectivity index (χ2n) is 8.22. The highest BCUT2D eigenvalue weighted by Crippen LogP contribution is 2.40. The van der Waals surface area contributed by atoms with Gasteiger partial charge in [-0.2, -0.15) is 0 Å². The first kappa shape index (κ1) is 26.5. The van der Waals surface area contributed by atoms with Crippen LogP contribution < -0.4 is 10.1 Å². The summed E-state index contributed by atoms with van der Waals surface area (Å²) in [6, 6.07) is 7.71. The number of aromatic hydroxyl groups is 3. The first-order valence-corrected chi connectivity index (χ1v) is 10.9. The van der Waals surface area contributed by atoms with Gasteiger partial charge in [0.25, 0.3) is 0 Å². The van der Waals surface area contributed by atoms with E-state index < -0.39 is 67.4 Å². The number of benzene rings is 2. The molecule has 1 aliphatic heterocycles. The summed E-state index contributed by atoms with van der Waals surface area (Å²) in [5, 5.41) is 81.8. The number of ether oxygens (including phenoxy) is 2.